The van der Waals surface area contributed by atoms with Gasteiger partial charge in [0, 0.05) is 35.0 Å². The number of fused-ring (bicyclic) bond motifs is 1. The Hall–Kier alpha value is -1.97. The van der Waals surface area contributed by atoms with Gasteiger partial charge in [0.05, 0.1) is 7.11 Å². The fraction of sp³-hybridized carbons (Fsp3) is 0.471. The second-order valence-electron chi connectivity index (χ2n) is 6.49. The van der Waals surface area contributed by atoms with Crippen LogP contribution in [0.15, 0.2) is 24.4 Å². The molecule has 0 saturated heterocycles. The molecule has 0 spiro atoms. The molecular formula is C17H22N2O2. The fourth-order valence-electron chi connectivity index (χ4n) is 2.68. The lowest BCUT2D eigenvalue weighted by atomic mass is 9.84. The monoisotopic (exact) mass is 286 g/mol. The molecule has 1 saturated carbocycles. The van der Waals surface area contributed by atoms with E-state index >= 15 is 0 Å². The number of benzene rings is 1. The molecule has 0 bridgehead atoms. The first-order valence-electron chi connectivity index (χ1n) is 7.44. The minimum atomic E-state index is -0.130. The van der Waals surface area contributed by atoms with Crippen LogP contribution in [-0.4, -0.2) is 24.5 Å². The number of amides is 1. The summed E-state index contributed by atoms with van der Waals surface area (Å²) < 4.78 is 5.31. The highest BCUT2D eigenvalue weighted by molar-refractivity contribution is 5.86. The predicted octanol–water partition coefficient (Wildman–Crippen LogP) is 2.98. The number of aromatic nitrogens is 1. The number of carbonyl (C=O) groups excluding carboxylic acids is 1. The average Bonchev–Trinajstić information content (AvgIpc) is 3.23. The number of aromatic amines is 1. The van der Waals surface area contributed by atoms with Crippen LogP contribution in [0.2, 0.25) is 0 Å². The summed E-state index contributed by atoms with van der Waals surface area (Å²) in [7, 11) is 1.68. The molecule has 2 N–H and O–H groups in total. The fourth-order valence-corrected chi connectivity index (χ4v) is 2.68. The lowest BCUT2D eigenvalue weighted by molar-refractivity contribution is -0.122. The van der Waals surface area contributed by atoms with Crippen LogP contribution in [-0.2, 0) is 10.2 Å². The van der Waals surface area contributed by atoms with Gasteiger partial charge in [0.15, 0.2) is 0 Å². The van der Waals surface area contributed by atoms with Crippen molar-refractivity contribution in [2.24, 2.45) is 5.92 Å². The Balaban J connectivity index is 1.84. The van der Waals surface area contributed by atoms with Gasteiger partial charge in [-0.2, -0.15) is 0 Å². The molecule has 0 unspecified atom stereocenters. The molecule has 0 radical (unpaired) electrons. The van der Waals surface area contributed by atoms with Gasteiger partial charge in [-0.3, -0.25) is 4.79 Å². The van der Waals surface area contributed by atoms with E-state index in [-0.39, 0.29) is 17.2 Å². The van der Waals surface area contributed by atoms with E-state index in [4.69, 9.17) is 4.74 Å². The van der Waals surface area contributed by atoms with Crippen LogP contribution in [0.5, 0.6) is 5.75 Å². The molecule has 112 valence electrons. The maximum atomic E-state index is 11.8. The molecule has 1 fully saturated rings. The highest BCUT2D eigenvalue weighted by Gasteiger charge is 2.31. The van der Waals surface area contributed by atoms with Crippen LogP contribution in [0.25, 0.3) is 10.9 Å². The van der Waals surface area contributed by atoms with Crippen molar-refractivity contribution < 1.29 is 9.53 Å². The van der Waals surface area contributed by atoms with Crippen molar-refractivity contribution in [1.82, 2.24) is 10.3 Å². The van der Waals surface area contributed by atoms with Crippen molar-refractivity contribution in [3.05, 3.63) is 30.0 Å². The zero-order valence-electron chi connectivity index (χ0n) is 12.8. The second-order valence-corrected chi connectivity index (χ2v) is 6.49. The Morgan fingerprint density at radius 1 is 1.43 bits per heavy atom. The van der Waals surface area contributed by atoms with Crippen LogP contribution in [0.4, 0.5) is 0 Å². The van der Waals surface area contributed by atoms with Gasteiger partial charge < -0.3 is 15.0 Å². The summed E-state index contributed by atoms with van der Waals surface area (Å²) in [5, 5.41) is 4.24. The van der Waals surface area contributed by atoms with E-state index in [1.165, 1.54) is 5.56 Å². The number of hydrogen-bond donors (Lipinski definition) is 2. The van der Waals surface area contributed by atoms with Crippen molar-refractivity contribution in [2.75, 3.05) is 13.7 Å². The maximum absolute atomic E-state index is 11.8. The first-order chi connectivity index (χ1) is 10.0. The minimum Gasteiger partial charge on any atom is -0.497 e. The van der Waals surface area contributed by atoms with Crippen LogP contribution in [0.3, 0.4) is 0 Å². The summed E-state index contributed by atoms with van der Waals surface area (Å²) in [6.07, 6.45) is 4.11. The molecule has 4 heteroatoms. The number of ether oxygens (including phenoxy) is 1. The first kappa shape index (κ1) is 14.0. The summed E-state index contributed by atoms with van der Waals surface area (Å²) >= 11 is 0. The molecule has 1 amide bonds. The van der Waals surface area contributed by atoms with Crippen molar-refractivity contribution in [3.63, 3.8) is 0 Å². The smallest absolute Gasteiger partial charge is 0.223 e. The van der Waals surface area contributed by atoms with Crippen molar-refractivity contribution >= 4 is 16.8 Å². The molecule has 21 heavy (non-hydrogen) atoms. The van der Waals surface area contributed by atoms with Gasteiger partial charge in [0.1, 0.15) is 5.75 Å². The van der Waals surface area contributed by atoms with E-state index in [0.717, 1.165) is 29.5 Å². The van der Waals surface area contributed by atoms with Crippen LogP contribution >= 0.6 is 0 Å². The maximum Gasteiger partial charge on any atom is 0.223 e. The molecule has 1 aliphatic carbocycles. The normalized spacial score (nSPS) is 15.2. The van der Waals surface area contributed by atoms with Gasteiger partial charge in [-0.05, 0) is 36.6 Å². The van der Waals surface area contributed by atoms with Gasteiger partial charge in [0.2, 0.25) is 5.91 Å². The Morgan fingerprint density at radius 2 is 2.19 bits per heavy atom. The molecule has 1 aromatic carbocycles. The third-order valence-electron chi connectivity index (χ3n) is 4.27. The van der Waals surface area contributed by atoms with E-state index in [9.17, 15) is 4.79 Å². The van der Waals surface area contributed by atoms with Crippen LogP contribution < -0.4 is 10.1 Å². The zero-order valence-corrected chi connectivity index (χ0v) is 12.8. The molecule has 2 aromatic rings. The van der Waals surface area contributed by atoms with Gasteiger partial charge in [0.25, 0.3) is 0 Å². The van der Waals surface area contributed by atoms with E-state index < -0.39 is 0 Å². The standard InChI is InChI=1S/C17H22N2O2/c1-17(2,10-19-16(20)11-4-5-11)14-9-18-15-7-6-12(21-3)8-13(14)15/h6-9,11,18H,4-5,10H2,1-3H3,(H,19,20). The Morgan fingerprint density at radius 3 is 2.86 bits per heavy atom. The Labute approximate surface area is 124 Å². The minimum absolute atomic E-state index is 0.130. The summed E-state index contributed by atoms with van der Waals surface area (Å²) in [6, 6.07) is 6.02. The summed E-state index contributed by atoms with van der Waals surface area (Å²) in [5.41, 5.74) is 2.16. The van der Waals surface area contributed by atoms with E-state index in [1.807, 2.05) is 24.4 Å². The number of H-pyrrole nitrogens is 1. The molecule has 0 atom stereocenters. The van der Waals surface area contributed by atoms with Gasteiger partial charge in [-0.25, -0.2) is 0 Å². The number of methoxy groups -OCH3 is 1. The second kappa shape index (κ2) is 5.10. The molecule has 1 aromatic heterocycles. The Bertz CT molecular complexity index is 668. The largest absolute Gasteiger partial charge is 0.497 e. The highest BCUT2D eigenvalue weighted by atomic mass is 16.5. The lowest BCUT2D eigenvalue weighted by Gasteiger charge is -2.25. The first-order valence-corrected chi connectivity index (χ1v) is 7.44. The molecule has 1 heterocycles. The molecule has 1 aliphatic rings. The number of nitrogens with one attached hydrogen (secondary N) is 2. The van der Waals surface area contributed by atoms with E-state index in [1.54, 1.807) is 7.11 Å². The van der Waals surface area contributed by atoms with Crippen molar-refractivity contribution in [1.29, 1.82) is 0 Å². The quantitative estimate of drug-likeness (QED) is 0.888. The predicted molar refractivity (Wildman–Crippen MR) is 83.6 cm³/mol. The van der Waals surface area contributed by atoms with Crippen molar-refractivity contribution in [3.8, 4) is 5.75 Å². The van der Waals surface area contributed by atoms with Gasteiger partial charge >= 0.3 is 0 Å². The number of hydrogen-bond acceptors (Lipinski definition) is 2. The van der Waals surface area contributed by atoms with Crippen molar-refractivity contribution in [2.45, 2.75) is 32.1 Å². The highest BCUT2D eigenvalue weighted by Crippen LogP contribution is 2.33. The zero-order chi connectivity index (χ0) is 15.0. The summed E-state index contributed by atoms with van der Waals surface area (Å²) in [6.45, 7) is 4.96. The SMILES string of the molecule is COc1ccc2[nH]cc(C(C)(C)CNC(=O)C3CC3)c2c1. The van der Waals surface area contributed by atoms with Crippen LogP contribution in [0, 0.1) is 5.92 Å². The average molecular weight is 286 g/mol. The van der Waals surface area contributed by atoms with E-state index in [0.29, 0.717) is 6.54 Å². The van der Waals surface area contributed by atoms with E-state index in [2.05, 4.69) is 24.1 Å². The Kier molecular flexibility index (Phi) is 3.40. The molecule has 4 nitrogen and oxygen atoms in total. The third-order valence-corrected chi connectivity index (χ3v) is 4.27. The number of carbonyl (C=O) groups is 1. The van der Waals surface area contributed by atoms with Gasteiger partial charge in [-0.1, -0.05) is 13.8 Å². The molecule has 3 rings (SSSR count). The summed E-state index contributed by atoms with van der Waals surface area (Å²) in [5.74, 6) is 1.30. The van der Waals surface area contributed by atoms with Crippen LogP contribution in [0.1, 0.15) is 32.3 Å². The topological polar surface area (TPSA) is 54.1 Å². The lowest BCUT2D eigenvalue weighted by Crippen LogP contribution is -2.37. The number of rotatable bonds is 5. The third kappa shape index (κ3) is 2.75. The molecule has 0 aliphatic heterocycles. The summed E-state index contributed by atoms with van der Waals surface area (Å²) in [4.78, 5) is 15.1. The molecular weight excluding hydrogens is 264 g/mol. The van der Waals surface area contributed by atoms with Gasteiger partial charge in [-0.15, -0.1) is 0 Å².